The first kappa shape index (κ1) is 26.0. The number of fused-ring (bicyclic) bond motifs is 1. The van der Waals surface area contributed by atoms with Gasteiger partial charge in [-0.05, 0) is 67.1 Å². The second-order valence-corrected chi connectivity index (χ2v) is 11.1. The van der Waals surface area contributed by atoms with Gasteiger partial charge in [0.25, 0.3) is 5.91 Å². The van der Waals surface area contributed by atoms with Crippen molar-refractivity contribution in [3.63, 3.8) is 0 Å². The van der Waals surface area contributed by atoms with Gasteiger partial charge in [-0.2, -0.15) is 13.2 Å². The highest BCUT2D eigenvalue weighted by Crippen LogP contribution is 2.43. The summed E-state index contributed by atoms with van der Waals surface area (Å²) in [4.78, 5) is 14.9. The maximum Gasteiger partial charge on any atom is 0.416 e. The fourth-order valence-electron chi connectivity index (χ4n) is 5.79. The van der Waals surface area contributed by atoms with Crippen molar-refractivity contribution >= 4 is 11.6 Å². The first-order chi connectivity index (χ1) is 18.5. The molecule has 0 bridgehead atoms. The van der Waals surface area contributed by atoms with E-state index in [9.17, 15) is 23.1 Å². The smallest absolute Gasteiger partial charge is 0.380 e. The van der Waals surface area contributed by atoms with Crippen LogP contribution < -0.4 is 10.2 Å². The van der Waals surface area contributed by atoms with Crippen LogP contribution in [0.25, 0.3) is 0 Å². The molecule has 1 aromatic heterocycles. The average Bonchev–Trinajstić information content (AvgIpc) is 3.42. The van der Waals surface area contributed by atoms with Gasteiger partial charge in [0.1, 0.15) is 6.33 Å². The first-order valence-corrected chi connectivity index (χ1v) is 13.0. The number of ether oxygens (including phenoxy) is 1. The number of carbonyl (C=O) groups excluding carboxylic acids is 1. The molecule has 39 heavy (non-hydrogen) atoms. The maximum atomic E-state index is 14.2. The first-order valence-electron chi connectivity index (χ1n) is 13.0. The average molecular weight is 542 g/mol. The predicted octanol–water partition coefficient (Wildman–Crippen LogP) is 3.91. The zero-order valence-corrected chi connectivity index (χ0v) is 21.8. The van der Waals surface area contributed by atoms with Gasteiger partial charge in [-0.1, -0.05) is 12.1 Å². The molecule has 1 amide bonds. The molecular formula is C28H30F3N5O3. The minimum absolute atomic E-state index is 0.0348. The molecule has 1 atom stereocenters. The number of alkyl halides is 3. The summed E-state index contributed by atoms with van der Waals surface area (Å²) >= 11 is 0. The predicted molar refractivity (Wildman–Crippen MR) is 136 cm³/mol. The van der Waals surface area contributed by atoms with Crippen molar-refractivity contribution in [1.29, 1.82) is 0 Å². The van der Waals surface area contributed by atoms with Crippen LogP contribution >= 0.6 is 0 Å². The maximum absolute atomic E-state index is 14.2. The van der Waals surface area contributed by atoms with Crippen LogP contribution in [0.3, 0.4) is 0 Å². The van der Waals surface area contributed by atoms with E-state index in [2.05, 4.69) is 22.4 Å². The lowest BCUT2D eigenvalue weighted by atomic mass is 9.78. The monoisotopic (exact) mass is 541 g/mol. The third kappa shape index (κ3) is 4.32. The Labute approximate surface area is 223 Å². The van der Waals surface area contributed by atoms with Crippen molar-refractivity contribution in [3.8, 4) is 0 Å². The molecule has 3 heterocycles. The van der Waals surface area contributed by atoms with Crippen molar-refractivity contribution in [2.24, 2.45) is 13.0 Å². The summed E-state index contributed by atoms with van der Waals surface area (Å²) in [6, 6.07) is 9.44. The molecule has 8 nitrogen and oxygen atoms in total. The summed E-state index contributed by atoms with van der Waals surface area (Å²) in [5.74, 6) is -0.481. The second kappa shape index (κ2) is 9.14. The summed E-state index contributed by atoms with van der Waals surface area (Å²) in [6.07, 6.45) is -0.0792. The number of benzene rings is 2. The van der Waals surface area contributed by atoms with E-state index in [4.69, 9.17) is 4.74 Å². The van der Waals surface area contributed by atoms with Gasteiger partial charge in [0, 0.05) is 36.3 Å². The third-order valence-corrected chi connectivity index (χ3v) is 8.46. The fourth-order valence-corrected chi connectivity index (χ4v) is 5.79. The third-order valence-electron chi connectivity index (χ3n) is 8.46. The van der Waals surface area contributed by atoms with Crippen LogP contribution in [0, 0.1) is 5.92 Å². The molecule has 1 aliphatic carbocycles. The van der Waals surface area contributed by atoms with Crippen LogP contribution in [0.4, 0.5) is 18.9 Å². The SMILES string of the molecule is Cn1cnnc1C(O)(c1cccc(N2Cc3c(cc(CNC4(C)CCC4)cc3C(F)(F)F)C2=O)c1)C1COC1. The Kier molecular flexibility index (Phi) is 6.09. The van der Waals surface area contributed by atoms with Crippen LogP contribution in [0.1, 0.15) is 64.6 Å². The van der Waals surface area contributed by atoms with Gasteiger partial charge in [0.05, 0.1) is 25.3 Å². The Morgan fingerprint density at radius 2 is 1.97 bits per heavy atom. The van der Waals surface area contributed by atoms with E-state index in [0.29, 0.717) is 35.9 Å². The van der Waals surface area contributed by atoms with Gasteiger partial charge >= 0.3 is 6.18 Å². The standard InChI is InChI=1S/C28H30F3N5O3/c1-26(7-4-8-26)32-12-17-9-21-22(23(10-17)28(29,30)31)13-36(24(21)37)20-6-3-5-18(11-20)27(38,19-14-39-15-19)25-34-33-16-35(25)2/h3,5-6,9-11,16,19,32,38H,4,7-8,12-15H2,1-2H3. The Hall–Kier alpha value is -3.28. The van der Waals surface area contributed by atoms with E-state index in [1.54, 1.807) is 41.9 Å². The Morgan fingerprint density at radius 1 is 1.21 bits per heavy atom. The van der Waals surface area contributed by atoms with Gasteiger partial charge < -0.3 is 24.6 Å². The number of hydrogen-bond donors (Lipinski definition) is 2. The molecule has 2 aliphatic heterocycles. The quantitative estimate of drug-likeness (QED) is 0.471. The number of nitrogens with one attached hydrogen (secondary N) is 1. The van der Waals surface area contributed by atoms with Crippen LogP contribution in [-0.4, -0.2) is 44.5 Å². The number of anilines is 1. The van der Waals surface area contributed by atoms with E-state index in [-0.39, 0.29) is 35.7 Å². The molecule has 1 saturated heterocycles. The molecule has 1 saturated carbocycles. The molecule has 3 aromatic rings. The summed E-state index contributed by atoms with van der Waals surface area (Å²) in [5.41, 5.74) is -1.12. The molecule has 3 aliphatic rings. The van der Waals surface area contributed by atoms with Crippen molar-refractivity contribution in [2.45, 2.75) is 56.6 Å². The van der Waals surface area contributed by atoms with E-state index in [1.807, 2.05) is 0 Å². The highest BCUT2D eigenvalue weighted by Gasteiger charge is 2.48. The normalized spacial score (nSPS) is 20.4. The van der Waals surface area contributed by atoms with Gasteiger partial charge in [0.15, 0.2) is 11.4 Å². The topological polar surface area (TPSA) is 92.5 Å². The molecule has 11 heteroatoms. The van der Waals surface area contributed by atoms with Gasteiger partial charge in [-0.15, -0.1) is 10.2 Å². The van der Waals surface area contributed by atoms with Gasteiger partial charge in [-0.3, -0.25) is 4.79 Å². The van der Waals surface area contributed by atoms with Crippen molar-refractivity contribution in [3.05, 3.63) is 76.4 Å². The zero-order valence-electron chi connectivity index (χ0n) is 21.8. The molecule has 1 unspecified atom stereocenters. The minimum Gasteiger partial charge on any atom is -0.380 e. The van der Waals surface area contributed by atoms with Crippen LogP contribution in [0.5, 0.6) is 0 Å². The van der Waals surface area contributed by atoms with E-state index < -0.39 is 23.2 Å². The molecule has 2 N–H and O–H groups in total. The van der Waals surface area contributed by atoms with E-state index in [1.165, 1.54) is 11.2 Å². The lowest BCUT2D eigenvalue weighted by molar-refractivity contribution is -0.138. The number of aryl methyl sites for hydroxylation is 1. The number of carbonyl (C=O) groups is 1. The van der Waals surface area contributed by atoms with Crippen molar-refractivity contribution in [2.75, 3.05) is 18.1 Å². The summed E-state index contributed by atoms with van der Waals surface area (Å²) < 4.78 is 49.5. The number of rotatable bonds is 7. The number of amides is 1. The number of hydrogen-bond acceptors (Lipinski definition) is 6. The lowest BCUT2D eigenvalue weighted by Gasteiger charge is -2.40. The van der Waals surface area contributed by atoms with Gasteiger partial charge in [-0.25, -0.2) is 0 Å². The number of aliphatic hydroxyl groups is 1. The van der Waals surface area contributed by atoms with Gasteiger partial charge in [0.2, 0.25) is 0 Å². The minimum atomic E-state index is -4.60. The van der Waals surface area contributed by atoms with Crippen molar-refractivity contribution in [1.82, 2.24) is 20.1 Å². The van der Waals surface area contributed by atoms with Crippen molar-refractivity contribution < 1.29 is 27.8 Å². The molecule has 2 fully saturated rings. The fraction of sp³-hybridized carbons (Fsp3) is 0.464. The molecule has 2 aromatic carbocycles. The zero-order chi connectivity index (χ0) is 27.6. The van der Waals surface area contributed by atoms with Crippen LogP contribution in [0.15, 0.2) is 42.7 Å². The summed E-state index contributed by atoms with van der Waals surface area (Å²) in [7, 11) is 1.72. The number of aromatic nitrogens is 3. The molecule has 206 valence electrons. The lowest BCUT2D eigenvalue weighted by Crippen LogP contribution is -2.48. The molecule has 0 radical (unpaired) electrons. The van der Waals surface area contributed by atoms with E-state index in [0.717, 1.165) is 25.3 Å². The van der Waals surface area contributed by atoms with E-state index >= 15 is 0 Å². The van der Waals surface area contributed by atoms with Crippen LogP contribution in [-0.2, 0) is 36.7 Å². The number of halogens is 3. The molecular weight excluding hydrogens is 511 g/mol. The Morgan fingerprint density at radius 3 is 2.56 bits per heavy atom. The Balaban J connectivity index is 1.35. The second-order valence-electron chi connectivity index (χ2n) is 11.1. The van der Waals surface area contributed by atoms with Crippen LogP contribution in [0.2, 0.25) is 0 Å². The summed E-state index contributed by atoms with van der Waals surface area (Å²) in [6.45, 7) is 2.72. The summed E-state index contributed by atoms with van der Waals surface area (Å²) in [5, 5.41) is 23.3. The highest BCUT2D eigenvalue weighted by atomic mass is 19.4. The Bertz CT molecular complexity index is 1430. The molecule has 0 spiro atoms. The molecule has 6 rings (SSSR count). The number of nitrogens with zero attached hydrogens (tertiary/aromatic N) is 4. The largest absolute Gasteiger partial charge is 0.416 e. The highest BCUT2D eigenvalue weighted by molar-refractivity contribution is 6.10.